The van der Waals surface area contributed by atoms with E-state index in [1.54, 1.807) is 0 Å². The van der Waals surface area contributed by atoms with Gasteiger partial charge in [-0.1, -0.05) is 23.7 Å². The molecule has 2 aliphatic heterocycles. The van der Waals surface area contributed by atoms with Crippen molar-refractivity contribution in [1.29, 1.82) is 0 Å². The summed E-state index contributed by atoms with van der Waals surface area (Å²) in [5, 5.41) is 3.98. The lowest BCUT2D eigenvalue weighted by molar-refractivity contribution is -0.125. The summed E-state index contributed by atoms with van der Waals surface area (Å²) in [7, 11) is 0. The summed E-state index contributed by atoms with van der Waals surface area (Å²) < 4.78 is 0. The van der Waals surface area contributed by atoms with Crippen molar-refractivity contribution in [2.75, 3.05) is 62.2 Å². The summed E-state index contributed by atoms with van der Waals surface area (Å²) in [6.45, 7) is 9.57. The van der Waals surface area contributed by atoms with E-state index in [0.29, 0.717) is 0 Å². The third-order valence-electron chi connectivity index (χ3n) is 7.21. The average Bonchev–Trinajstić information content (AvgIpc) is 3.30. The molecule has 35 heavy (non-hydrogen) atoms. The fourth-order valence-corrected chi connectivity index (χ4v) is 5.39. The fraction of sp³-hybridized carbons (Fsp3) is 0.481. The fourth-order valence-electron chi connectivity index (χ4n) is 5.20. The largest absolute Gasteiger partial charge is 0.369 e. The maximum Gasteiger partial charge on any atom is 0.224 e. The Morgan fingerprint density at radius 3 is 2.80 bits per heavy atom. The van der Waals surface area contributed by atoms with Gasteiger partial charge in [0.25, 0.3) is 0 Å². The molecular formula is C27H35ClN6O. The van der Waals surface area contributed by atoms with Crippen molar-refractivity contribution < 1.29 is 4.79 Å². The second-order valence-electron chi connectivity index (χ2n) is 9.82. The molecule has 2 saturated heterocycles. The minimum absolute atomic E-state index is 0.0138. The Morgan fingerprint density at radius 1 is 1.11 bits per heavy atom. The molecule has 186 valence electrons. The van der Waals surface area contributed by atoms with E-state index < -0.39 is 0 Å². The van der Waals surface area contributed by atoms with E-state index >= 15 is 0 Å². The number of piperazine rings is 1. The number of aromatic nitrogens is 2. The van der Waals surface area contributed by atoms with Gasteiger partial charge in [0.1, 0.15) is 0 Å². The van der Waals surface area contributed by atoms with Crippen LogP contribution in [0.1, 0.15) is 24.8 Å². The van der Waals surface area contributed by atoms with E-state index in [-0.39, 0.29) is 11.8 Å². The van der Waals surface area contributed by atoms with Gasteiger partial charge < -0.3 is 20.1 Å². The quantitative estimate of drug-likeness (QED) is 0.485. The number of H-pyrrole nitrogens is 1. The van der Waals surface area contributed by atoms with Gasteiger partial charge in [-0.05, 0) is 68.6 Å². The number of imidazole rings is 1. The smallest absolute Gasteiger partial charge is 0.224 e. The van der Waals surface area contributed by atoms with E-state index in [1.807, 2.05) is 18.2 Å². The number of benzene rings is 2. The number of hydrogen-bond acceptors (Lipinski definition) is 5. The van der Waals surface area contributed by atoms with Crippen LogP contribution in [0.25, 0.3) is 11.0 Å². The molecule has 5 rings (SSSR count). The predicted octanol–water partition coefficient (Wildman–Crippen LogP) is 4.07. The highest BCUT2D eigenvalue weighted by Crippen LogP contribution is 2.24. The van der Waals surface area contributed by atoms with Crippen LogP contribution in [0, 0.1) is 12.8 Å². The minimum atomic E-state index is 0.0138. The first-order valence-corrected chi connectivity index (χ1v) is 13.1. The van der Waals surface area contributed by atoms with Gasteiger partial charge in [-0.3, -0.25) is 9.69 Å². The maximum atomic E-state index is 12.9. The molecule has 0 bridgehead atoms. The number of hydrogen-bond donors (Lipinski definition) is 2. The van der Waals surface area contributed by atoms with Crippen LogP contribution in [-0.4, -0.2) is 73.1 Å². The number of fused-ring (bicyclic) bond motifs is 1. The van der Waals surface area contributed by atoms with Crippen molar-refractivity contribution >= 4 is 40.2 Å². The molecule has 7 nitrogen and oxygen atoms in total. The molecule has 2 N–H and O–H groups in total. The van der Waals surface area contributed by atoms with Gasteiger partial charge in [-0.2, -0.15) is 0 Å². The van der Waals surface area contributed by atoms with Crippen molar-refractivity contribution in [1.82, 2.24) is 20.2 Å². The van der Waals surface area contributed by atoms with Crippen LogP contribution >= 0.6 is 11.6 Å². The zero-order chi connectivity index (χ0) is 24.2. The molecule has 2 fully saturated rings. The van der Waals surface area contributed by atoms with Crippen LogP contribution in [0.5, 0.6) is 0 Å². The Bertz CT molecular complexity index is 1160. The third kappa shape index (κ3) is 5.90. The Balaban J connectivity index is 1.04. The van der Waals surface area contributed by atoms with Gasteiger partial charge in [0.05, 0.1) is 17.0 Å². The van der Waals surface area contributed by atoms with Crippen LogP contribution in [-0.2, 0) is 4.79 Å². The highest BCUT2D eigenvalue weighted by atomic mass is 35.5. The molecule has 8 heteroatoms. The normalized spacial score (nSPS) is 19.3. The maximum absolute atomic E-state index is 12.9. The summed E-state index contributed by atoms with van der Waals surface area (Å²) >= 11 is 6.14. The third-order valence-corrected chi connectivity index (χ3v) is 7.45. The first-order valence-electron chi connectivity index (χ1n) is 12.8. The minimum Gasteiger partial charge on any atom is -0.369 e. The van der Waals surface area contributed by atoms with Gasteiger partial charge >= 0.3 is 0 Å². The molecule has 0 saturated carbocycles. The van der Waals surface area contributed by atoms with Crippen molar-refractivity contribution in [3.05, 3.63) is 53.1 Å². The summed E-state index contributed by atoms with van der Waals surface area (Å²) in [6, 6.07) is 14.3. The van der Waals surface area contributed by atoms with E-state index in [2.05, 4.69) is 56.2 Å². The molecular weight excluding hydrogens is 460 g/mol. The molecule has 1 amide bonds. The summed E-state index contributed by atoms with van der Waals surface area (Å²) in [5.74, 6) is 1.06. The summed E-state index contributed by atoms with van der Waals surface area (Å²) in [6.07, 6.45) is 2.92. The number of anilines is 2. The lowest BCUT2D eigenvalue weighted by Crippen LogP contribution is -2.47. The predicted molar refractivity (Wildman–Crippen MR) is 143 cm³/mol. The van der Waals surface area contributed by atoms with E-state index in [9.17, 15) is 4.79 Å². The van der Waals surface area contributed by atoms with Crippen LogP contribution in [0.4, 0.5) is 11.6 Å². The van der Waals surface area contributed by atoms with Gasteiger partial charge in [0, 0.05) is 56.5 Å². The summed E-state index contributed by atoms with van der Waals surface area (Å²) in [4.78, 5) is 28.2. The van der Waals surface area contributed by atoms with Gasteiger partial charge in [-0.25, -0.2) is 4.98 Å². The average molecular weight is 495 g/mol. The highest BCUT2D eigenvalue weighted by Gasteiger charge is 2.27. The molecule has 1 unspecified atom stereocenters. The Labute approximate surface area is 212 Å². The topological polar surface area (TPSA) is 67.5 Å². The van der Waals surface area contributed by atoms with Gasteiger partial charge in [-0.15, -0.1) is 0 Å². The van der Waals surface area contributed by atoms with Crippen LogP contribution in [0.15, 0.2) is 42.5 Å². The highest BCUT2D eigenvalue weighted by molar-refractivity contribution is 6.30. The second kappa shape index (κ2) is 10.9. The second-order valence-corrected chi connectivity index (χ2v) is 10.3. The molecule has 0 radical (unpaired) electrons. The molecule has 3 aromatic rings. The Kier molecular flexibility index (Phi) is 7.44. The number of nitrogens with zero attached hydrogens (tertiary/aromatic N) is 4. The van der Waals surface area contributed by atoms with Gasteiger partial charge in [0.2, 0.25) is 11.9 Å². The Hall–Kier alpha value is -2.77. The molecule has 1 aromatic heterocycles. The molecule has 1 atom stereocenters. The zero-order valence-electron chi connectivity index (χ0n) is 20.5. The van der Waals surface area contributed by atoms with Crippen molar-refractivity contribution in [3.8, 4) is 0 Å². The molecule has 0 spiro atoms. The van der Waals surface area contributed by atoms with Crippen molar-refractivity contribution in [2.45, 2.75) is 26.2 Å². The number of amides is 1. The lowest BCUT2D eigenvalue weighted by Gasteiger charge is -2.36. The van der Waals surface area contributed by atoms with E-state index in [1.165, 1.54) is 11.3 Å². The molecule has 2 aromatic carbocycles. The first-order chi connectivity index (χ1) is 17.0. The first kappa shape index (κ1) is 23.9. The van der Waals surface area contributed by atoms with Crippen LogP contribution in [0.2, 0.25) is 5.02 Å². The molecule has 3 heterocycles. The summed E-state index contributed by atoms with van der Waals surface area (Å²) in [5.41, 5.74) is 4.45. The monoisotopic (exact) mass is 494 g/mol. The van der Waals surface area contributed by atoms with E-state index in [4.69, 9.17) is 16.6 Å². The lowest BCUT2D eigenvalue weighted by atomic mass is 9.97. The van der Waals surface area contributed by atoms with Crippen LogP contribution in [0.3, 0.4) is 0 Å². The van der Waals surface area contributed by atoms with Crippen molar-refractivity contribution in [3.63, 3.8) is 0 Å². The van der Waals surface area contributed by atoms with E-state index in [0.717, 1.165) is 93.6 Å². The SMILES string of the molecule is Cc1ccc2nc(N3CCCC(C(=O)NCCCN4CCN(c5cccc(Cl)c5)CC4)C3)[nH]c2c1. The number of carbonyl (C=O) groups is 1. The number of carbonyl (C=O) groups excluding carboxylic acids is 1. The van der Waals surface area contributed by atoms with Gasteiger partial charge in [0.15, 0.2) is 0 Å². The number of aryl methyl sites for hydroxylation is 1. The number of aromatic amines is 1. The Morgan fingerprint density at radius 2 is 1.97 bits per heavy atom. The number of rotatable bonds is 7. The molecule has 2 aliphatic rings. The number of halogens is 1. The number of piperidine rings is 1. The zero-order valence-corrected chi connectivity index (χ0v) is 21.2. The molecule has 0 aliphatic carbocycles. The van der Waals surface area contributed by atoms with Crippen molar-refractivity contribution in [2.24, 2.45) is 5.92 Å². The standard InChI is InChI=1S/C27H35ClN6O/c1-20-8-9-24-25(17-20)31-27(30-24)34-12-3-5-21(19-34)26(35)29-10-4-11-32-13-15-33(16-14-32)23-7-2-6-22(28)18-23/h2,6-9,17-18,21H,3-5,10-16,19H2,1H3,(H,29,35)(H,30,31). The number of nitrogens with one attached hydrogen (secondary N) is 2. The van der Waals surface area contributed by atoms with Crippen LogP contribution < -0.4 is 15.1 Å².